The van der Waals surface area contributed by atoms with Crippen molar-refractivity contribution in [3.05, 3.63) is 33.3 Å². The number of hydrogen-bond acceptors (Lipinski definition) is 2. The highest BCUT2D eigenvalue weighted by atomic mass is 79.9. The van der Waals surface area contributed by atoms with Crippen molar-refractivity contribution in [1.82, 2.24) is 4.90 Å². The molecule has 1 N–H and O–H groups in total. The molecule has 0 aliphatic carbocycles. The Labute approximate surface area is 119 Å². The summed E-state index contributed by atoms with van der Waals surface area (Å²) in [7, 11) is 1.60. The fourth-order valence-corrected chi connectivity index (χ4v) is 2.40. The molecule has 1 unspecified atom stereocenters. The average Bonchev–Trinajstić information content (AvgIpc) is 2.25. The SMILES string of the molecule is CN(CCC(O)c1ccc(Br)cc1Cl)CC(F)F. The van der Waals surface area contributed by atoms with Gasteiger partial charge in [-0.15, -0.1) is 0 Å². The number of nitrogens with zero attached hydrogens (tertiary/aromatic N) is 1. The van der Waals surface area contributed by atoms with Crippen LogP contribution in [0.3, 0.4) is 0 Å². The molecule has 0 amide bonds. The zero-order valence-corrected chi connectivity index (χ0v) is 12.3. The van der Waals surface area contributed by atoms with Crippen molar-refractivity contribution in [2.24, 2.45) is 0 Å². The van der Waals surface area contributed by atoms with Crippen molar-refractivity contribution in [1.29, 1.82) is 0 Å². The molecule has 1 rings (SSSR count). The van der Waals surface area contributed by atoms with Crippen molar-refractivity contribution in [3.8, 4) is 0 Å². The van der Waals surface area contributed by atoms with Crippen LogP contribution in [0, 0.1) is 0 Å². The molecular formula is C12H15BrClF2NO. The summed E-state index contributed by atoms with van der Waals surface area (Å²) in [4.78, 5) is 1.49. The molecular weight excluding hydrogens is 327 g/mol. The van der Waals surface area contributed by atoms with Gasteiger partial charge in [-0.2, -0.15) is 0 Å². The van der Waals surface area contributed by atoms with Gasteiger partial charge in [0.2, 0.25) is 0 Å². The van der Waals surface area contributed by atoms with Crippen LogP contribution in [0.15, 0.2) is 22.7 Å². The highest BCUT2D eigenvalue weighted by molar-refractivity contribution is 9.10. The summed E-state index contributed by atoms with van der Waals surface area (Å²) >= 11 is 9.28. The minimum Gasteiger partial charge on any atom is -0.388 e. The van der Waals surface area contributed by atoms with E-state index in [9.17, 15) is 13.9 Å². The Hall–Kier alpha value is -0.230. The lowest BCUT2D eigenvalue weighted by Gasteiger charge is -2.19. The van der Waals surface area contributed by atoms with Crippen LogP contribution in [0.4, 0.5) is 8.78 Å². The van der Waals surface area contributed by atoms with E-state index in [0.29, 0.717) is 23.6 Å². The molecule has 0 heterocycles. The first kappa shape index (κ1) is 15.8. The summed E-state index contributed by atoms with van der Waals surface area (Å²) in [5, 5.41) is 10.4. The van der Waals surface area contributed by atoms with Crippen molar-refractivity contribution >= 4 is 27.5 Å². The van der Waals surface area contributed by atoms with Gasteiger partial charge in [0, 0.05) is 16.0 Å². The third-order valence-corrected chi connectivity index (χ3v) is 3.38. The van der Waals surface area contributed by atoms with E-state index in [1.807, 2.05) is 0 Å². The summed E-state index contributed by atoms with van der Waals surface area (Å²) in [5.41, 5.74) is 0.616. The molecule has 0 saturated carbocycles. The molecule has 0 spiro atoms. The Kier molecular flexibility index (Phi) is 6.49. The second kappa shape index (κ2) is 7.38. The van der Waals surface area contributed by atoms with Gasteiger partial charge in [-0.1, -0.05) is 33.6 Å². The molecule has 18 heavy (non-hydrogen) atoms. The van der Waals surface area contributed by atoms with Crippen molar-refractivity contribution in [2.45, 2.75) is 19.0 Å². The first-order valence-corrected chi connectivity index (χ1v) is 6.67. The number of alkyl halides is 2. The molecule has 0 bridgehead atoms. The second-order valence-electron chi connectivity index (χ2n) is 4.12. The lowest BCUT2D eigenvalue weighted by Crippen LogP contribution is -2.26. The Morgan fingerprint density at radius 3 is 2.67 bits per heavy atom. The maximum Gasteiger partial charge on any atom is 0.251 e. The minimum absolute atomic E-state index is 0.291. The van der Waals surface area contributed by atoms with E-state index < -0.39 is 12.5 Å². The van der Waals surface area contributed by atoms with E-state index in [1.54, 1.807) is 25.2 Å². The molecule has 102 valence electrons. The van der Waals surface area contributed by atoms with Crippen LogP contribution >= 0.6 is 27.5 Å². The van der Waals surface area contributed by atoms with Gasteiger partial charge in [-0.05, 0) is 31.2 Å². The molecule has 0 aromatic heterocycles. The molecule has 2 nitrogen and oxygen atoms in total. The molecule has 0 saturated heterocycles. The number of rotatable bonds is 6. The third kappa shape index (κ3) is 5.18. The molecule has 0 fully saturated rings. The molecule has 6 heteroatoms. The lowest BCUT2D eigenvalue weighted by atomic mass is 10.1. The van der Waals surface area contributed by atoms with Crippen LogP contribution in [0.5, 0.6) is 0 Å². The van der Waals surface area contributed by atoms with E-state index in [1.165, 1.54) is 4.90 Å². The maximum absolute atomic E-state index is 12.1. The summed E-state index contributed by atoms with van der Waals surface area (Å²) in [6.45, 7) is 0.0959. The zero-order valence-electron chi connectivity index (χ0n) is 9.91. The highest BCUT2D eigenvalue weighted by Gasteiger charge is 2.14. The summed E-state index contributed by atoms with van der Waals surface area (Å²) in [6, 6.07) is 5.21. The zero-order chi connectivity index (χ0) is 13.7. The predicted octanol–water partition coefficient (Wildman–Crippen LogP) is 3.72. The third-order valence-electron chi connectivity index (χ3n) is 2.56. The molecule has 0 aliphatic heterocycles. The minimum atomic E-state index is -2.36. The van der Waals surface area contributed by atoms with Gasteiger partial charge in [-0.25, -0.2) is 8.78 Å². The first-order chi connectivity index (χ1) is 8.40. The molecule has 0 aliphatic rings. The summed E-state index contributed by atoms with van der Waals surface area (Å²) in [5.74, 6) is 0. The van der Waals surface area contributed by atoms with Gasteiger partial charge in [0.1, 0.15) is 0 Å². The van der Waals surface area contributed by atoms with E-state index in [2.05, 4.69) is 15.9 Å². The van der Waals surface area contributed by atoms with Crippen LogP contribution in [0.2, 0.25) is 5.02 Å². The Morgan fingerprint density at radius 1 is 1.44 bits per heavy atom. The lowest BCUT2D eigenvalue weighted by molar-refractivity contribution is 0.0874. The monoisotopic (exact) mass is 341 g/mol. The van der Waals surface area contributed by atoms with Gasteiger partial charge in [0.15, 0.2) is 0 Å². The largest absolute Gasteiger partial charge is 0.388 e. The van der Waals surface area contributed by atoms with Crippen molar-refractivity contribution < 1.29 is 13.9 Å². The number of aliphatic hydroxyl groups is 1. The van der Waals surface area contributed by atoms with Gasteiger partial charge >= 0.3 is 0 Å². The highest BCUT2D eigenvalue weighted by Crippen LogP contribution is 2.28. The Morgan fingerprint density at radius 2 is 2.11 bits per heavy atom. The number of aliphatic hydroxyl groups excluding tert-OH is 1. The fourth-order valence-electron chi connectivity index (χ4n) is 1.60. The number of hydrogen-bond donors (Lipinski definition) is 1. The van der Waals surface area contributed by atoms with E-state index in [4.69, 9.17) is 11.6 Å². The van der Waals surface area contributed by atoms with Gasteiger partial charge in [0.05, 0.1) is 12.6 Å². The van der Waals surface area contributed by atoms with Crippen LogP contribution < -0.4 is 0 Å². The smallest absolute Gasteiger partial charge is 0.251 e. The number of halogens is 4. The van der Waals surface area contributed by atoms with E-state index in [-0.39, 0.29) is 6.54 Å². The normalized spacial score (nSPS) is 13.3. The average molecular weight is 343 g/mol. The van der Waals surface area contributed by atoms with Gasteiger partial charge in [-0.3, -0.25) is 0 Å². The standard InChI is InChI=1S/C12H15BrClF2NO/c1-17(7-12(15)16)5-4-11(18)9-3-2-8(13)6-10(9)14/h2-3,6,11-12,18H,4-5,7H2,1H3. The van der Waals surface area contributed by atoms with Crippen LogP contribution in [0.25, 0.3) is 0 Å². The van der Waals surface area contributed by atoms with Crippen molar-refractivity contribution in [3.63, 3.8) is 0 Å². The molecule has 1 atom stereocenters. The van der Waals surface area contributed by atoms with E-state index in [0.717, 1.165) is 4.47 Å². The Bertz CT molecular complexity index is 392. The van der Waals surface area contributed by atoms with Gasteiger partial charge in [0.25, 0.3) is 6.43 Å². The fraction of sp³-hybridized carbons (Fsp3) is 0.500. The Balaban J connectivity index is 2.52. The maximum atomic E-state index is 12.1. The summed E-state index contributed by atoms with van der Waals surface area (Å²) in [6.07, 6.45) is -2.74. The first-order valence-electron chi connectivity index (χ1n) is 5.50. The predicted molar refractivity (Wildman–Crippen MR) is 72.2 cm³/mol. The van der Waals surface area contributed by atoms with Crippen LogP contribution in [-0.4, -0.2) is 36.6 Å². The van der Waals surface area contributed by atoms with Gasteiger partial charge < -0.3 is 10.0 Å². The topological polar surface area (TPSA) is 23.5 Å². The molecule has 1 aromatic carbocycles. The van der Waals surface area contributed by atoms with E-state index >= 15 is 0 Å². The number of benzene rings is 1. The second-order valence-corrected chi connectivity index (χ2v) is 5.45. The quantitative estimate of drug-likeness (QED) is 0.851. The van der Waals surface area contributed by atoms with Crippen LogP contribution in [0.1, 0.15) is 18.1 Å². The molecule has 0 radical (unpaired) electrons. The van der Waals surface area contributed by atoms with Crippen molar-refractivity contribution in [2.75, 3.05) is 20.1 Å². The van der Waals surface area contributed by atoms with Crippen LogP contribution in [-0.2, 0) is 0 Å². The summed E-state index contributed by atoms with van der Waals surface area (Å²) < 4.78 is 25.1. The molecule has 1 aromatic rings.